The molecule has 1 heterocycles. The number of nitrogens with zero attached hydrogens (tertiary/aromatic N) is 2. The van der Waals surface area contributed by atoms with Crippen LogP contribution in [0.4, 0.5) is 5.69 Å². The second-order valence-electron chi connectivity index (χ2n) is 4.08. The van der Waals surface area contributed by atoms with E-state index >= 15 is 0 Å². The van der Waals surface area contributed by atoms with Crippen molar-refractivity contribution in [1.29, 1.82) is 0 Å². The maximum absolute atomic E-state index is 12.2. The molecule has 0 aliphatic rings. The monoisotopic (exact) mass is 296 g/mol. The number of nitrogen functional groups attached to an aromatic ring is 1. The van der Waals surface area contributed by atoms with Gasteiger partial charge in [-0.3, -0.25) is 4.68 Å². The summed E-state index contributed by atoms with van der Waals surface area (Å²) in [6, 6.07) is 6.25. The number of rotatable bonds is 6. The Hall–Kier alpha value is -2.06. The van der Waals surface area contributed by atoms with E-state index in [1.54, 1.807) is 29.2 Å². The fraction of sp³-hybridized carbons (Fsp3) is 0.250. The van der Waals surface area contributed by atoms with Crippen LogP contribution in [-0.4, -0.2) is 31.9 Å². The van der Waals surface area contributed by atoms with Crippen LogP contribution in [-0.2, 0) is 16.6 Å². The van der Waals surface area contributed by atoms with Crippen molar-refractivity contribution < 1.29 is 13.2 Å². The van der Waals surface area contributed by atoms with E-state index in [0.717, 1.165) is 0 Å². The van der Waals surface area contributed by atoms with Gasteiger partial charge in [-0.1, -0.05) is 0 Å². The Morgan fingerprint density at radius 2 is 2.25 bits per heavy atom. The van der Waals surface area contributed by atoms with Gasteiger partial charge in [-0.15, -0.1) is 0 Å². The number of anilines is 1. The van der Waals surface area contributed by atoms with E-state index in [1.807, 2.05) is 0 Å². The lowest BCUT2D eigenvalue weighted by molar-refractivity contribution is 0.402. The van der Waals surface area contributed by atoms with Crippen molar-refractivity contribution in [2.45, 2.75) is 11.4 Å². The summed E-state index contributed by atoms with van der Waals surface area (Å²) in [5, 5.41) is 3.99. The molecule has 0 atom stereocenters. The van der Waals surface area contributed by atoms with Crippen LogP contribution in [0.15, 0.2) is 41.6 Å². The number of methoxy groups -OCH3 is 1. The molecule has 0 saturated carbocycles. The lowest BCUT2D eigenvalue weighted by Crippen LogP contribution is -2.28. The van der Waals surface area contributed by atoms with E-state index < -0.39 is 10.0 Å². The minimum Gasteiger partial charge on any atom is -0.495 e. The average molecular weight is 296 g/mol. The highest BCUT2D eigenvalue weighted by atomic mass is 32.2. The summed E-state index contributed by atoms with van der Waals surface area (Å²) < 4.78 is 33.6. The Morgan fingerprint density at radius 1 is 1.45 bits per heavy atom. The predicted octanol–water partition coefficient (Wildman–Crippen LogP) is 0.452. The van der Waals surface area contributed by atoms with Crippen LogP contribution in [0.2, 0.25) is 0 Å². The Balaban J connectivity index is 2.11. The molecule has 3 N–H and O–H groups in total. The maximum Gasteiger partial charge on any atom is 0.244 e. The molecule has 1 aromatic carbocycles. The summed E-state index contributed by atoms with van der Waals surface area (Å²) in [6.45, 7) is 0.666. The summed E-state index contributed by atoms with van der Waals surface area (Å²) in [7, 11) is -2.26. The highest BCUT2D eigenvalue weighted by Crippen LogP contribution is 2.25. The van der Waals surface area contributed by atoms with Crippen molar-refractivity contribution in [2.75, 3.05) is 19.4 Å². The first-order chi connectivity index (χ1) is 9.53. The Bertz CT molecular complexity index is 668. The summed E-state index contributed by atoms with van der Waals surface area (Å²) in [6.07, 6.45) is 3.39. The summed E-state index contributed by atoms with van der Waals surface area (Å²) in [4.78, 5) is 0.0282. The van der Waals surface area contributed by atoms with Gasteiger partial charge >= 0.3 is 0 Å². The second kappa shape index (κ2) is 5.93. The van der Waals surface area contributed by atoms with Gasteiger partial charge in [0.15, 0.2) is 0 Å². The number of benzene rings is 1. The van der Waals surface area contributed by atoms with Gasteiger partial charge in [0, 0.05) is 24.6 Å². The average Bonchev–Trinajstić information content (AvgIpc) is 2.91. The fourth-order valence-electron chi connectivity index (χ4n) is 1.71. The second-order valence-corrected chi connectivity index (χ2v) is 5.81. The molecule has 20 heavy (non-hydrogen) atoms. The first-order valence-corrected chi connectivity index (χ1v) is 7.42. The lowest BCUT2D eigenvalue weighted by atomic mass is 10.3. The van der Waals surface area contributed by atoms with E-state index in [4.69, 9.17) is 10.5 Å². The molecule has 0 aliphatic heterocycles. The molecule has 0 saturated heterocycles. The number of sulfonamides is 1. The third kappa shape index (κ3) is 3.28. The van der Waals surface area contributed by atoms with Crippen molar-refractivity contribution in [2.24, 2.45) is 0 Å². The van der Waals surface area contributed by atoms with Crippen LogP contribution in [0.1, 0.15) is 0 Å². The van der Waals surface area contributed by atoms with Gasteiger partial charge in [-0.2, -0.15) is 5.10 Å². The molecule has 0 spiro atoms. The molecule has 2 aromatic rings. The molecule has 0 amide bonds. The van der Waals surface area contributed by atoms with E-state index in [2.05, 4.69) is 9.82 Å². The van der Waals surface area contributed by atoms with Gasteiger partial charge in [-0.05, 0) is 24.3 Å². The molecule has 0 bridgehead atoms. The summed E-state index contributed by atoms with van der Waals surface area (Å²) in [5.41, 5.74) is 5.98. The fourth-order valence-corrected chi connectivity index (χ4v) is 2.93. The number of hydrogen-bond donors (Lipinski definition) is 2. The number of nitrogens with one attached hydrogen (secondary N) is 1. The molecule has 8 heteroatoms. The highest BCUT2D eigenvalue weighted by molar-refractivity contribution is 7.89. The van der Waals surface area contributed by atoms with Crippen molar-refractivity contribution in [3.05, 3.63) is 36.7 Å². The topological polar surface area (TPSA) is 99.2 Å². The van der Waals surface area contributed by atoms with Gasteiger partial charge in [0.25, 0.3) is 0 Å². The van der Waals surface area contributed by atoms with Gasteiger partial charge in [0.2, 0.25) is 10.0 Å². The number of aromatic nitrogens is 2. The molecule has 1 aromatic heterocycles. The molecule has 0 fully saturated rings. The van der Waals surface area contributed by atoms with E-state index in [1.165, 1.54) is 19.2 Å². The molecule has 0 aliphatic carbocycles. The van der Waals surface area contributed by atoms with Gasteiger partial charge < -0.3 is 10.5 Å². The third-order valence-corrected chi connectivity index (χ3v) is 4.15. The first kappa shape index (κ1) is 14.4. The zero-order valence-electron chi connectivity index (χ0n) is 11.0. The van der Waals surface area contributed by atoms with Crippen LogP contribution < -0.4 is 15.2 Å². The van der Waals surface area contributed by atoms with E-state index in [9.17, 15) is 8.42 Å². The minimum atomic E-state index is -3.67. The number of nitrogens with two attached hydrogens (primary N) is 1. The Labute approximate surface area is 117 Å². The van der Waals surface area contributed by atoms with Crippen LogP contribution in [0.25, 0.3) is 0 Å². The highest BCUT2D eigenvalue weighted by Gasteiger charge is 2.19. The molecule has 0 radical (unpaired) electrons. The summed E-state index contributed by atoms with van der Waals surface area (Å²) in [5.74, 6) is 0.255. The van der Waals surface area contributed by atoms with Gasteiger partial charge in [0.05, 0.1) is 13.7 Å². The molecular formula is C12H16N4O3S. The summed E-state index contributed by atoms with van der Waals surface area (Å²) >= 11 is 0. The molecule has 7 nitrogen and oxygen atoms in total. The molecular weight excluding hydrogens is 280 g/mol. The van der Waals surface area contributed by atoms with E-state index in [0.29, 0.717) is 12.2 Å². The minimum absolute atomic E-state index is 0.0282. The van der Waals surface area contributed by atoms with Crippen LogP contribution in [0, 0.1) is 0 Å². The van der Waals surface area contributed by atoms with Crippen LogP contribution in [0.3, 0.4) is 0 Å². The van der Waals surface area contributed by atoms with Crippen molar-refractivity contribution >= 4 is 15.7 Å². The van der Waals surface area contributed by atoms with Crippen LogP contribution >= 0.6 is 0 Å². The Kier molecular flexibility index (Phi) is 4.26. The zero-order chi connectivity index (χ0) is 14.6. The third-order valence-electron chi connectivity index (χ3n) is 2.67. The SMILES string of the molecule is COc1ccc(N)cc1S(=O)(=O)NCCn1cccn1. The van der Waals surface area contributed by atoms with Crippen molar-refractivity contribution in [3.63, 3.8) is 0 Å². The quantitative estimate of drug-likeness (QED) is 0.754. The first-order valence-electron chi connectivity index (χ1n) is 5.93. The zero-order valence-corrected chi connectivity index (χ0v) is 11.8. The van der Waals surface area contributed by atoms with Crippen molar-refractivity contribution in [1.82, 2.24) is 14.5 Å². The van der Waals surface area contributed by atoms with Gasteiger partial charge in [-0.25, -0.2) is 13.1 Å². The normalized spacial score (nSPS) is 11.4. The van der Waals surface area contributed by atoms with Crippen LogP contribution in [0.5, 0.6) is 5.75 Å². The molecule has 108 valence electrons. The standard InChI is InChI=1S/C12H16N4O3S/c1-19-11-4-3-10(13)9-12(11)20(17,18)15-6-8-16-7-2-5-14-16/h2-5,7,9,15H,6,8,13H2,1H3. The number of ether oxygens (including phenoxy) is 1. The van der Waals surface area contributed by atoms with Crippen molar-refractivity contribution in [3.8, 4) is 5.75 Å². The Morgan fingerprint density at radius 3 is 2.90 bits per heavy atom. The lowest BCUT2D eigenvalue weighted by Gasteiger charge is -2.11. The van der Waals surface area contributed by atoms with Gasteiger partial charge in [0.1, 0.15) is 10.6 Å². The smallest absolute Gasteiger partial charge is 0.244 e. The van der Waals surface area contributed by atoms with E-state index in [-0.39, 0.29) is 17.2 Å². The molecule has 2 rings (SSSR count). The largest absolute Gasteiger partial charge is 0.495 e. The number of hydrogen-bond acceptors (Lipinski definition) is 5. The molecule has 0 unspecified atom stereocenters. The maximum atomic E-state index is 12.2. The predicted molar refractivity (Wildman–Crippen MR) is 74.8 cm³/mol.